The van der Waals surface area contributed by atoms with Crippen LogP contribution in [0, 0.1) is 5.82 Å². The molecule has 1 saturated carbocycles. The summed E-state index contributed by atoms with van der Waals surface area (Å²) in [5, 5.41) is 9.38. The van der Waals surface area contributed by atoms with Gasteiger partial charge in [-0.05, 0) is 25.0 Å². The van der Waals surface area contributed by atoms with Crippen molar-refractivity contribution in [3.63, 3.8) is 0 Å². The van der Waals surface area contributed by atoms with Crippen LogP contribution >= 0.6 is 0 Å². The topological polar surface area (TPSA) is 92.1 Å². The number of carboxylic acid groups (broad SMARTS) is 1. The summed E-state index contributed by atoms with van der Waals surface area (Å²) in [4.78, 5) is 38.9. The summed E-state index contributed by atoms with van der Waals surface area (Å²) in [6, 6.07) is 2.87. The fraction of sp³-hybridized carbons (Fsp3) is 0.421. The molecular weight excluding hydrogens is 369 g/mol. The number of amides is 1. The van der Waals surface area contributed by atoms with E-state index in [4.69, 9.17) is 4.74 Å². The Balaban J connectivity index is 1.75. The van der Waals surface area contributed by atoms with Crippen LogP contribution in [0.5, 0.6) is 0 Å². The summed E-state index contributed by atoms with van der Waals surface area (Å²) in [6.07, 6.45) is 2.73. The minimum atomic E-state index is -1.32. The molecule has 1 N–H and O–H groups in total. The van der Waals surface area contributed by atoms with Crippen molar-refractivity contribution in [2.75, 3.05) is 38.2 Å². The summed E-state index contributed by atoms with van der Waals surface area (Å²) in [5.41, 5.74) is -0.156. The monoisotopic (exact) mass is 389 g/mol. The lowest BCUT2D eigenvalue weighted by Gasteiger charge is -2.35. The predicted octanol–water partition coefficient (Wildman–Crippen LogP) is 2.06. The molecule has 1 saturated heterocycles. The number of nitrogens with zero attached hydrogens (tertiary/aromatic N) is 3. The predicted molar refractivity (Wildman–Crippen MR) is 99.6 cm³/mol. The number of hydrogen-bond acceptors (Lipinski definition) is 5. The highest BCUT2D eigenvalue weighted by atomic mass is 19.1. The van der Waals surface area contributed by atoms with E-state index in [1.165, 1.54) is 13.3 Å². The van der Waals surface area contributed by atoms with Gasteiger partial charge < -0.3 is 24.2 Å². The van der Waals surface area contributed by atoms with Gasteiger partial charge in [-0.15, -0.1) is 0 Å². The Hall–Kier alpha value is -3.10. The van der Waals surface area contributed by atoms with Crippen molar-refractivity contribution >= 4 is 28.7 Å². The number of pyridine rings is 1. The maximum atomic E-state index is 14.8. The third-order valence-corrected chi connectivity index (χ3v) is 5.32. The van der Waals surface area contributed by atoms with E-state index in [2.05, 4.69) is 0 Å². The molecule has 0 unspecified atom stereocenters. The summed E-state index contributed by atoms with van der Waals surface area (Å²) in [6.45, 7) is 1.66. The van der Waals surface area contributed by atoms with E-state index in [9.17, 15) is 23.9 Å². The van der Waals surface area contributed by atoms with Gasteiger partial charge in [0.1, 0.15) is 11.4 Å². The van der Waals surface area contributed by atoms with E-state index >= 15 is 0 Å². The molecule has 2 aromatic rings. The zero-order valence-electron chi connectivity index (χ0n) is 15.4. The van der Waals surface area contributed by atoms with E-state index in [0.717, 1.165) is 18.9 Å². The molecule has 1 aromatic carbocycles. The normalized spacial score (nSPS) is 17.1. The summed E-state index contributed by atoms with van der Waals surface area (Å²) in [7, 11) is 1.32. The van der Waals surface area contributed by atoms with Crippen LogP contribution in [0.3, 0.4) is 0 Å². The average molecular weight is 389 g/mol. The van der Waals surface area contributed by atoms with Gasteiger partial charge in [-0.2, -0.15) is 0 Å². The quantitative estimate of drug-likeness (QED) is 0.864. The van der Waals surface area contributed by atoms with Gasteiger partial charge in [0.25, 0.3) is 0 Å². The van der Waals surface area contributed by atoms with E-state index in [1.54, 1.807) is 15.5 Å². The number of aromatic carboxylic acids is 1. The molecule has 0 radical (unpaired) electrons. The van der Waals surface area contributed by atoms with Gasteiger partial charge in [-0.1, -0.05) is 0 Å². The minimum absolute atomic E-state index is 0.0706. The van der Waals surface area contributed by atoms with Crippen LogP contribution < -0.4 is 10.3 Å². The largest absolute Gasteiger partial charge is 0.477 e. The Morgan fingerprint density at radius 2 is 1.86 bits per heavy atom. The second-order valence-corrected chi connectivity index (χ2v) is 7.08. The molecule has 1 aromatic heterocycles. The zero-order chi connectivity index (χ0) is 20.0. The van der Waals surface area contributed by atoms with Crippen LogP contribution in [0.25, 0.3) is 10.9 Å². The third kappa shape index (κ3) is 3.06. The lowest BCUT2D eigenvalue weighted by molar-refractivity contribution is 0.0694. The molecule has 2 aliphatic rings. The highest BCUT2D eigenvalue weighted by Gasteiger charge is 2.29. The van der Waals surface area contributed by atoms with Crippen molar-refractivity contribution in [2.24, 2.45) is 0 Å². The average Bonchev–Trinajstić information content (AvgIpc) is 3.52. The van der Waals surface area contributed by atoms with Gasteiger partial charge in [0.05, 0.1) is 18.3 Å². The lowest BCUT2D eigenvalue weighted by atomic mass is 10.1. The molecule has 148 valence electrons. The smallest absolute Gasteiger partial charge is 0.409 e. The zero-order valence-corrected chi connectivity index (χ0v) is 15.4. The van der Waals surface area contributed by atoms with E-state index < -0.39 is 23.3 Å². The SMILES string of the molecule is COC(=O)N1CCN(c2cc3c(cc2F)c(=O)c(C(=O)O)cn3C2CC2)CC1. The Bertz CT molecular complexity index is 1020. The van der Waals surface area contributed by atoms with Crippen molar-refractivity contribution in [1.29, 1.82) is 0 Å². The first-order chi connectivity index (χ1) is 13.4. The van der Waals surface area contributed by atoms with Crippen LogP contribution in [0.4, 0.5) is 14.9 Å². The van der Waals surface area contributed by atoms with Crippen molar-refractivity contribution in [2.45, 2.75) is 18.9 Å². The van der Waals surface area contributed by atoms with Crippen LogP contribution in [0.2, 0.25) is 0 Å². The maximum absolute atomic E-state index is 14.8. The number of fused-ring (bicyclic) bond motifs is 1. The molecule has 1 amide bonds. The molecule has 0 spiro atoms. The van der Waals surface area contributed by atoms with Gasteiger partial charge in [0, 0.05) is 43.8 Å². The van der Waals surface area contributed by atoms with Gasteiger partial charge in [-0.3, -0.25) is 4.79 Å². The first kappa shape index (κ1) is 18.3. The molecule has 9 heteroatoms. The minimum Gasteiger partial charge on any atom is -0.477 e. The molecule has 0 bridgehead atoms. The Labute approximate surface area is 159 Å². The Kier molecular flexibility index (Phi) is 4.44. The molecule has 0 atom stereocenters. The molecular formula is C19H20FN3O5. The van der Waals surface area contributed by atoms with Gasteiger partial charge >= 0.3 is 12.1 Å². The fourth-order valence-corrected chi connectivity index (χ4v) is 3.67. The third-order valence-electron chi connectivity index (χ3n) is 5.32. The fourth-order valence-electron chi connectivity index (χ4n) is 3.67. The number of halogens is 1. The highest BCUT2D eigenvalue weighted by molar-refractivity contribution is 5.93. The van der Waals surface area contributed by atoms with E-state index in [0.29, 0.717) is 37.4 Å². The molecule has 1 aliphatic carbocycles. The van der Waals surface area contributed by atoms with E-state index in [-0.39, 0.29) is 17.0 Å². The molecule has 2 fully saturated rings. The number of hydrogen-bond donors (Lipinski definition) is 1. The first-order valence-electron chi connectivity index (χ1n) is 9.10. The molecule has 1 aliphatic heterocycles. The Morgan fingerprint density at radius 1 is 1.18 bits per heavy atom. The Morgan fingerprint density at radius 3 is 2.43 bits per heavy atom. The number of piperazine rings is 1. The van der Waals surface area contributed by atoms with Crippen molar-refractivity contribution in [3.05, 3.63) is 39.9 Å². The van der Waals surface area contributed by atoms with Crippen LogP contribution in [-0.4, -0.2) is 59.9 Å². The van der Waals surface area contributed by atoms with Gasteiger partial charge in [0.15, 0.2) is 0 Å². The molecule has 2 heterocycles. The number of anilines is 1. The van der Waals surface area contributed by atoms with E-state index in [1.807, 2.05) is 4.90 Å². The standard InChI is InChI=1S/C19H20FN3O5/c1-28-19(27)22-6-4-21(5-7-22)16-9-15-12(8-14(16)20)17(24)13(18(25)26)10-23(15)11-2-3-11/h8-11H,2-7H2,1H3,(H,25,26). The highest BCUT2D eigenvalue weighted by Crippen LogP contribution is 2.38. The van der Waals surface area contributed by atoms with Crippen molar-refractivity contribution in [1.82, 2.24) is 9.47 Å². The van der Waals surface area contributed by atoms with Crippen LogP contribution in [-0.2, 0) is 4.74 Å². The first-order valence-corrected chi connectivity index (χ1v) is 9.10. The van der Waals surface area contributed by atoms with Crippen molar-refractivity contribution in [3.8, 4) is 0 Å². The van der Waals surface area contributed by atoms with Crippen LogP contribution in [0.1, 0.15) is 29.2 Å². The van der Waals surface area contributed by atoms with Gasteiger partial charge in [0.2, 0.25) is 5.43 Å². The second kappa shape index (κ2) is 6.81. The number of carbonyl (C=O) groups excluding carboxylic acids is 1. The lowest BCUT2D eigenvalue weighted by Crippen LogP contribution is -2.49. The summed E-state index contributed by atoms with van der Waals surface area (Å²) in [5.74, 6) is -1.90. The number of ether oxygens (including phenoxy) is 1. The number of rotatable bonds is 3. The maximum Gasteiger partial charge on any atom is 0.409 e. The summed E-state index contributed by atoms with van der Waals surface area (Å²) < 4.78 is 21.3. The second-order valence-electron chi connectivity index (χ2n) is 7.08. The summed E-state index contributed by atoms with van der Waals surface area (Å²) >= 11 is 0. The van der Waals surface area contributed by atoms with Crippen molar-refractivity contribution < 1.29 is 23.8 Å². The number of methoxy groups -OCH3 is 1. The molecule has 28 heavy (non-hydrogen) atoms. The number of aromatic nitrogens is 1. The molecule has 8 nitrogen and oxygen atoms in total. The number of benzene rings is 1. The number of carbonyl (C=O) groups is 2. The number of carboxylic acids is 1. The van der Waals surface area contributed by atoms with Gasteiger partial charge in [-0.25, -0.2) is 14.0 Å². The van der Waals surface area contributed by atoms with Crippen LogP contribution in [0.15, 0.2) is 23.1 Å². The molecule has 4 rings (SSSR count).